The number of carboxylic acids is 1. The Hall–Kier alpha value is -2.18. The van der Waals surface area contributed by atoms with Gasteiger partial charge in [0, 0.05) is 17.6 Å². The Kier molecular flexibility index (Phi) is 7.61. The highest BCUT2D eigenvalue weighted by atomic mass is 16.6. The lowest BCUT2D eigenvalue weighted by Crippen LogP contribution is -2.21. The second kappa shape index (κ2) is 9.20. The van der Waals surface area contributed by atoms with E-state index in [1.807, 2.05) is 0 Å². The van der Waals surface area contributed by atoms with E-state index in [1.165, 1.54) is 0 Å². The first-order chi connectivity index (χ1) is 11.3. The first-order valence-electron chi connectivity index (χ1n) is 7.57. The van der Waals surface area contributed by atoms with Gasteiger partial charge in [0.15, 0.2) is 0 Å². The van der Waals surface area contributed by atoms with Crippen LogP contribution in [0.15, 0.2) is 48.6 Å². The number of hydrogen-bond donors (Lipinski definition) is 1. The van der Waals surface area contributed by atoms with Gasteiger partial charge < -0.3 is 19.3 Å². The summed E-state index contributed by atoms with van der Waals surface area (Å²) in [6.45, 7) is 15.2. The van der Waals surface area contributed by atoms with E-state index < -0.39 is 11.9 Å². The molecule has 0 aromatic carbocycles. The molecular formula is C18H24O6. The third kappa shape index (κ3) is 6.93. The zero-order chi connectivity index (χ0) is 18.3. The summed E-state index contributed by atoms with van der Waals surface area (Å²) in [5, 5.41) is 8.67. The first-order valence-corrected chi connectivity index (χ1v) is 7.57. The lowest BCUT2D eigenvalue weighted by atomic mass is 10.1. The van der Waals surface area contributed by atoms with Crippen molar-refractivity contribution in [1.82, 2.24) is 0 Å². The third-order valence-corrected chi connectivity index (χ3v) is 3.45. The van der Waals surface area contributed by atoms with Gasteiger partial charge >= 0.3 is 11.9 Å². The average Bonchev–Trinajstić information content (AvgIpc) is 3.43. The second-order valence-electron chi connectivity index (χ2n) is 5.58. The predicted octanol–water partition coefficient (Wildman–Crippen LogP) is 2.42. The van der Waals surface area contributed by atoms with E-state index in [2.05, 4.69) is 19.7 Å². The summed E-state index contributed by atoms with van der Waals surface area (Å²) >= 11 is 0. The number of aliphatic carboxylic acids is 1. The fraction of sp³-hybridized carbons (Fsp3) is 0.444. The van der Waals surface area contributed by atoms with Gasteiger partial charge in [0.05, 0.1) is 19.3 Å². The van der Waals surface area contributed by atoms with Gasteiger partial charge in [-0.25, -0.2) is 9.59 Å². The van der Waals surface area contributed by atoms with Crippen LogP contribution in [0.3, 0.4) is 0 Å². The van der Waals surface area contributed by atoms with Gasteiger partial charge in [-0.3, -0.25) is 0 Å². The molecule has 0 spiro atoms. The molecule has 0 aliphatic carbocycles. The molecule has 2 heterocycles. The number of carbonyl (C=O) groups is 2. The number of rotatable bonds is 8. The molecule has 132 valence electrons. The molecule has 0 saturated carbocycles. The van der Waals surface area contributed by atoms with Crippen molar-refractivity contribution in [1.29, 1.82) is 0 Å². The zero-order valence-electron chi connectivity index (χ0n) is 14.1. The quantitative estimate of drug-likeness (QED) is 0.241. The van der Waals surface area contributed by atoms with Crippen LogP contribution in [0.5, 0.6) is 0 Å². The molecule has 3 unspecified atom stereocenters. The van der Waals surface area contributed by atoms with Crippen molar-refractivity contribution < 1.29 is 28.9 Å². The average molecular weight is 336 g/mol. The molecule has 2 aliphatic heterocycles. The van der Waals surface area contributed by atoms with Crippen molar-refractivity contribution >= 4 is 11.9 Å². The normalized spacial score (nSPS) is 22.8. The number of hydrogen-bond acceptors (Lipinski definition) is 5. The van der Waals surface area contributed by atoms with Crippen LogP contribution in [-0.4, -0.2) is 48.6 Å². The molecule has 2 aliphatic rings. The second-order valence-corrected chi connectivity index (χ2v) is 5.58. The minimum Gasteiger partial charge on any atom is -0.478 e. The molecule has 0 aromatic heterocycles. The summed E-state index contributed by atoms with van der Waals surface area (Å²) < 4.78 is 15.0. The number of ether oxygens (including phenoxy) is 3. The Morgan fingerprint density at radius 2 is 1.88 bits per heavy atom. The molecule has 24 heavy (non-hydrogen) atoms. The van der Waals surface area contributed by atoms with Gasteiger partial charge in [-0.2, -0.15) is 0 Å². The smallest absolute Gasteiger partial charge is 0.333 e. The molecule has 6 heteroatoms. The maximum Gasteiger partial charge on any atom is 0.333 e. The Labute approximate surface area is 142 Å². The van der Waals surface area contributed by atoms with Gasteiger partial charge in [-0.05, 0) is 25.5 Å². The van der Waals surface area contributed by atoms with Crippen molar-refractivity contribution in [3.8, 4) is 0 Å². The molecule has 0 aromatic rings. The Balaban J connectivity index is 0.000000240. The van der Waals surface area contributed by atoms with Crippen LogP contribution in [0.4, 0.5) is 0 Å². The van der Waals surface area contributed by atoms with Crippen LogP contribution in [-0.2, 0) is 23.8 Å². The standard InChI is InChI=1S/2C9H12O3/c1-4-7(8-5-11-8)12-9(10)6(2)3;1-3-7(4-8-5-12-8)6(2)9(10)11/h4,7-8H,1-2,5H2,3H3;3,8H,1,4-5H2,2H3,(H,10,11). The van der Waals surface area contributed by atoms with Gasteiger partial charge in [0.1, 0.15) is 12.2 Å². The molecule has 1 N–H and O–H groups in total. The van der Waals surface area contributed by atoms with E-state index >= 15 is 0 Å². The highest BCUT2D eigenvalue weighted by Gasteiger charge is 2.33. The molecule has 2 rings (SSSR count). The van der Waals surface area contributed by atoms with Crippen molar-refractivity contribution in [2.24, 2.45) is 0 Å². The Morgan fingerprint density at radius 1 is 1.29 bits per heavy atom. The van der Waals surface area contributed by atoms with E-state index in [9.17, 15) is 9.59 Å². The van der Waals surface area contributed by atoms with Crippen LogP contribution < -0.4 is 0 Å². The summed E-state index contributed by atoms with van der Waals surface area (Å²) in [5.41, 5.74) is 1.52. The maximum absolute atomic E-state index is 11.0. The van der Waals surface area contributed by atoms with E-state index in [4.69, 9.17) is 19.3 Å². The third-order valence-electron chi connectivity index (χ3n) is 3.45. The molecule has 3 atom stereocenters. The van der Waals surface area contributed by atoms with Crippen LogP contribution in [0.2, 0.25) is 0 Å². The van der Waals surface area contributed by atoms with Crippen molar-refractivity contribution in [2.75, 3.05) is 13.2 Å². The Bertz CT molecular complexity index is 552. The van der Waals surface area contributed by atoms with Gasteiger partial charge in [0.25, 0.3) is 0 Å². The van der Waals surface area contributed by atoms with Crippen molar-refractivity contribution in [3.05, 3.63) is 48.6 Å². The fourth-order valence-corrected chi connectivity index (χ4v) is 1.70. The van der Waals surface area contributed by atoms with E-state index in [-0.39, 0.29) is 18.3 Å². The number of allylic oxidation sites excluding steroid dienone is 1. The van der Waals surface area contributed by atoms with E-state index in [1.54, 1.807) is 26.0 Å². The number of epoxide rings is 2. The highest BCUT2D eigenvalue weighted by molar-refractivity contribution is 5.87. The predicted molar refractivity (Wildman–Crippen MR) is 89.5 cm³/mol. The number of esters is 1. The first kappa shape index (κ1) is 19.9. The zero-order valence-corrected chi connectivity index (χ0v) is 14.1. The lowest BCUT2D eigenvalue weighted by Gasteiger charge is -2.10. The van der Waals surface area contributed by atoms with Crippen molar-refractivity contribution in [2.45, 2.75) is 38.6 Å². The highest BCUT2D eigenvalue weighted by Crippen LogP contribution is 2.22. The van der Waals surface area contributed by atoms with Crippen LogP contribution >= 0.6 is 0 Å². The van der Waals surface area contributed by atoms with E-state index in [0.29, 0.717) is 24.2 Å². The number of carbonyl (C=O) groups excluding carboxylic acids is 1. The monoisotopic (exact) mass is 336 g/mol. The SMILES string of the molecule is C=CC(CC1CO1)=C(C)C(=O)O.C=CC(OC(=O)C(=C)C)C1CO1. The largest absolute Gasteiger partial charge is 0.478 e. The maximum atomic E-state index is 11.0. The molecule has 6 nitrogen and oxygen atoms in total. The van der Waals surface area contributed by atoms with Crippen molar-refractivity contribution in [3.63, 3.8) is 0 Å². The summed E-state index contributed by atoms with van der Waals surface area (Å²) in [7, 11) is 0. The molecule has 0 radical (unpaired) electrons. The topological polar surface area (TPSA) is 88.7 Å². The fourth-order valence-electron chi connectivity index (χ4n) is 1.70. The van der Waals surface area contributed by atoms with E-state index in [0.717, 1.165) is 12.2 Å². The molecule has 0 bridgehead atoms. The minimum absolute atomic E-state index is 0.00537. The molecule has 2 fully saturated rings. The summed E-state index contributed by atoms with van der Waals surface area (Å²) in [4.78, 5) is 21.6. The van der Waals surface area contributed by atoms with Gasteiger partial charge in [0.2, 0.25) is 0 Å². The number of carboxylic acid groups (broad SMARTS) is 1. The summed E-state index contributed by atoms with van der Waals surface area (Å²) in [6, 6.07) is 0. The summed E-state index contributed by atoms with van der Waals surface area (Å²) in [5.74, 6) is -1.28. The summed E-state index contributed by atoms with van der Waals surface area (Å²) in [6.07, 6.45) is 3.72. The Morgan fingerprint density at radius 3 is 2.21 bits per heavy atom. The molecule has 0 amide bonds. The van der Waals surface area contributed by atoms with Crippen LogP contribution in [0.1, 0.15) is 20.3 Å². The lowest BCUT2D eigenvalue weighted by molar-refractivity contribution is -0.142. The van der Waals surface area contributed by atoms with Gasteiger partial charge in [-0.15, -0.1) is 0 Å². The van der Waals surface area contributed by atoms with Gasteiger partial charge in [-0.1, -0.05) is 25.8 Å². The molecule has 2 saturated heterocycles. The van der Waals surface area contributed by atoms with Crippen LogP contribution in [0, 0.1) is 0 Å². The minimum atomic E-state index is -0.884. The van der Waals surface area contributed by atoms with Crippen LogP contribution in [0.25, 0.3) is 0 Å². The molecular weight excluding hydrogens is 312 g/mol.